The highest BCUT2D eigenvalue weighted by molar-refractivity contribution is 5.48. The summed E-state index contributed by atoms with van der Waals surface area (Å²) in [5.74, 6) is 8.58. The van der Waals surface area contributed by atoms with Crippen LogP contribution in [-0.2, 0) is 6.61 Å². The first-order valence-electron chi connectivity index (χ1n) is 6.04. The van der Waals surface area contributed by atoms with Gasteiger partial charge >= 0.3 is 0 Å². The molecule has 0 aliphatic carbocycles. The molecule has 0 N–H and O–H groups in total. The molecule has 1 nitrogen and oxygen atoms in total. The number of aryl methyl sites for hydroxylation is 1. The Labute approximate surface area is 114 Å². The molecule has 2 aromatic rings. The molecule has 0 unspecified atom stereocenters. The van der Waals surface area contributed by atoms with Gasteiger partial charge in [-0.25, -0.2) is 0 Å². The summed E-state index contributed by atoms with van der Waals surface area (Å²) >= 11 is 0. The number of hydrogen-bond donors (Lipinski definition) is 0. The minimum atomic E-state index is 0.529. The van der Waals surface area contributed by atoms with Crippen molar-refractivity contribution in [3.05, 3.63) is 65.2 Å². The molecule has 0 heterocycles. The summed E-state index contributed by atoms with van der Waals surface area (Å²) in [6, 6.07) is 15.8. The highest BCUT2D eigenvalue weighted by Crippen LogP contribution is 2.19. The van der Waals surface area contributed by atoms with Gasteiger partial charge in [-0.1, -0.05) is 36.4 Å². The number of terminal acetylenes is 1. The lowest BCUT2D eigenvalue weighted by Crippen LogP contribution is -1.99. The first-order chi connectivity index (χ1) is 9.31. The molecule has 0 fully saturated rings. The SMILES string of the molecule is C#CC#Cc1ccccc1OCc1ccccc1C. The van der Waals surface area contributed by atoms with Crippen molar-refractivity contribution >= 4 is 0 Å². The second-order valence-electron chi connectivity index (χ2n) is 4.11. The average molecular weight is 246 g/mol. The first-order valence-corrected chi connectivity index (χ1v) is 6.04. The molecule has 0 saturated heterocycles. The van der Waals surface area contributed by atoms with E-state index in [-0.39, 0.29) is 0 Å². The van der Waals surface area contributed by atoms with Crippen molar-refractivity contribution in [1.82, 2.24) is 0 Å². The summed E-state index contributed by atoms with van der Waals surface area (Å²) < 4.78 is 5.83. The number of rotatable bonds is 3. The Morgan fingerprint density at radius 3 is 2.58 bits per heavy atom. The van der Waals surface area contributed by atoms with Crippen LogP contribution in [0.3, 0.4) is 0 Å². The predicted molar refractivity (Wildman–Crippen MR) is 77.7 cm³/mol. The molecule has 0 atom stereocenters. The maximum atomic E-state index is 5.83. The smallest absolute Gasteiger partial charge is 0.135 e. The third-order valence-corrected chi connectivity index (χ3v) is 2.80. The lowest BCUT2D eigenvalue weighted by molar-refractivity contribution is 0.304. The zero-order valence-corrected chi connectivity index (χ0v) is 10.8. The van der Waals surface area contributed by atoms with E-state index >= 15 is 0 Å². The monoisotopic (exact) mass is 246 g/mol. The van der Waals surface area contributed by atoms with E-state index in [4.69, 9.17) is 11.2 Å². The molecule has 0 amide bonds. The molecule has 1 heteroatoms. The van der Waals surface area contributed by atoms with Crippen LogP contribution in [0.25, 0.3) is 0 Å². The summed E-state index contributed by atoms with van der Waals surface area (Å²) in [7, 11) is 0. The maximum Gasteiger partial charge on any atom is 0.135 e. The van der Waals surface area contributed by atoms with E-state index in [9.17, 15) is 0 Å². The van der Waals surface area contributed by atoms with E-state index in [1.54, 1.807) is 0 Å². The van der Waals surface area contributed by atoms with Gasteiger partial charge in [0.25, 0.3) is 0 Å². The minimum absolute atomic E-state index is 0.529. The summed E-state index contributed by atoms with van der Waals surface area (Å²) in [5, 5.41) is 0. The largest absolute Gasteiger partial charge is 0.488 e. The summed E-state index contributed by atoms with van der Waals surface area (Å²) in [6.07, 6.45) is 5.15. The maximum absolute atomic E-state index is 5.83. The van der Waals surface area contributed by atoms with Crippen LogP contribution in [0, 0.1) is 31.1 Å². The fourth-order valence-electron chi connectivity index (χ4n) is 1.73. The molecular weight excluding hydrogens is 232 g/mol. The second kappa shape index (κ2) is 6.34. The van der Waals surface area contributed by atoms with Gasteiger partial charge in [0.15, 0.2) is 0 Å². The van der Waals surface area contributed by atoms with E-state index in [1.165, 1.54) is 11.1 Å². The van der Waals surface area contributed by atoms with E-state index < -0.39 is 0 Å². The lowest BCUT2D eigenvalue weighted by Gasteiger charge is -2.09. The first kappa shape index (κ1) is 12.8. The van der Waals surface area contributed by atoms with E-state index in [0.29, 0.717) is 6.61 Å². The van der Waals surface area contributed by atoms with Gasteiger partial charge in [0.05, 0.1) is 5.56 Å². The topological polar surface area (TPSA) is 9.23 Å². The van der Waals surface area contributed by atoms with Gasteiger partial charge in [-0.3, -0.25) is 0 Å². The molecule has 0 radical (unpaired) electrons. The van der Waals surface area contributed by atoms with Crippen molar-refractivity contribution in [1.29, 1.82) is 0 Å². The Hall–Kier alpha value is -2.64. The van der Waals surface area contributed by atoms with Gasteiger partial charge in [0, 0.05) is 0 Å². The third kappa shape index (κ3) is 3.41. The van der Waals surface area contributed by atoms with Gasteiger partial charge in [-0.2, -0.15) is 0 Å². The van der Waals surface area contributed by atoms with Gasteiger partial charge < -0.3 is 4.74 Å². The van der Waals surface area contributed by atoms with Gasteiger partial charge in [-0.05, 0) is 47.9 Å². The zero-order chi connectivity index (χ0) is 13.5. The quantitative estimate of drug-likeness (QED) is 0.752. The zero-order valence-electron chi connectivity index (χ0n) is 10.8. The number of para-hydroxylation sites is 1. The highest BCUT2D eigenvalue weighted by Gasteiger charge is 2.02. The van der Waals surface area contributed by atoms with Gasteiger partial charge in [0.2, 0.25) is 0 Å². The Kier molecular flexibility index (Phi) is 4.27. The normalized spacial score (nSPS) is 9.05. The molecule has 92 valence electrons. The van der Waals surface area contributed by atoms with Crippen molar-refractivity contribution in [2.45, 2.75) is 13.5 Å². The Balaban J connectivity index is 2.17. The molecular formula is C18H14O. The standard InChI is InChI=1S/C18H14O/c1-3-4-10-16-11-7-8-13-18(16)19-14-17-12-6-5-9-15(17)2/h1,5-9,11-13H,14H2,2H3. The fourth-order valence-corrected chi connectivity index (χ4v) is 1.73. The van der Waals surface area contributed by atoms with Crippen LogP contribution in [0.15, 0.2) is 48.5 Å². The van der Waals surface area contributed by atoms with Crippen LogP contribution in [0.5, 0.6) is 5.75 Å². The van der Waals surface area contributed by atoms with Crippen molar-refractivity contribution in [3.63, 3.8) is 0 Å². The van der Waals surface area contributed by atoms with Crippen molar-refractivity contribution in [2.24, 2.45) is 0 Å². The molecule has 0 aliphatic heterocycles. The van der Waals surface area contributed by atoms with Crippen LogP contribution < -0.4 is 4.74 Å². The molecule has 0 saturated carbocycles. The van der Waals surface area contributed by atoms with E-state index in [0.717, 1.165) is 11.3 Å². The molecule has 2 rings (SSSR count). The Bertz CT molecular complexity index is 666. The summed E-state index contributed by atoms with van der Waals surface area (Å²) in [6.45, 7) is 2.60. The fraction of sp³-hybridized carbons (Fsp3) is 0.111. The van der Waals surface area contributed by atoms with Crippen LogP contribution in [0.1, 0.15) is 16.7 Å². The summed E-state index contributed by atoms with van der Waals surface area (Å²) in [4.78, 5) is 0. The number of benzene rings is 2. The van der Waals surface area contributed by atoms with Crippen LogP contribution >= 0.6 is 0 Å². The minimum Gasteiger partial charge on any atom is -0.488 e. The third-order valence-electron chi connectivity index (χ3n) is 2.80. The summed E-state index contributed by atoms with van der Waals surface area (Å²) in [5.41, 5.74) is 3.20. The molecule has 0 spiro atoms. The molecule has 2 aromatic carbocycles. The predicted octanol–water partition coefficient (Wildman–Crippen LogP) is 3.56. The van der Waals surface area contributed by atoms with E-state index in [2.05, 4.69) is 36.8 Å². The van der Waals surface area contributed by atoms with E-state index in [1.807, 2.05) is 36.4 Å². The van der Waals surface area contributed by atoms with Gasteiger partial charge in [0.1, 0.15) is 12.4 Å². The van der Waals surface area contributed by atoms with Crippen molar-refractivity contribution < 1.29 is 4.74 Å². The van der Waals surface area contributed by atoms with Crippen LogP contribution in [-0.4, -0.2) is 0 Å². The number of ether oxygens (including phenoxy) is 1. The number of hydrogen-bond acceptors (Lipinski definition) is 1. The molecule has 0 aromatic heterocycles. The lowest BCUT2D eigenvalue weighted by atomic mass is 10.1. The molecule has 19 heavy (non-hydrogen) atoms. The van der Waals surface area contributed by atoms with Crippen molar-refractivity contribution in [2.75, 3.05) is 0 Å². The van der Waals surface area contributed by atoms with Crippen LogP contribution in [0.4, 0.5) is 0 Å². The van der Waals surface area contributed by atoms with Gasteiger partial charge in [-0.15, -0.1) is 6.42 Å². The Morgan fingerprint density at radius 2 is 1.79 bits per heavy atom. The van der Waals surface area contributed by atoms with Crippen molar-refractivity contribution in [3.8, 4) is 29.9 Å². The molecule has 0 aliphatic rings. The Morgan fingerprint density at radius 1 is 1.05 bits per heavy atom. The van der Waals surface area contributed by atoms with Crippen LogP contribution in [0.2, 0.25) is 0 Å². The molecule has 0 bridgehead atoms. The highest BCUT2D eigenvalue weighted by atomic mass is 16.5. The second-order valence-corrected chi connectivity index (χ2v) is 4.11. The average Bonchev–Trinajstić information content (AvgIpc) is 2.45.